The summed E-state index contributed by atoms with van der Waals surface area (Å²) in [6, 6.07) is 0. The Labute approximate surface area is 89.1 Å². The minimum Gasteiger partial charge on any atom is -0.296 e. The van der Waals surface area contributed by atoms with E-state index in [9.17, 15) is 0 Å². The van der Waals surface area contributed by atoms with Crippen LogP contribution in [-0.4, -0.2) is 21.5 Å². The average molecular weight is 211 g/mol. The van der Waals surface area contributed by atoms with Gasteiger partial charge in [0.15, 0.2) is 0 Å². The molecule has 0 aliphatic carbocycles. The number of nitrogens with one attached hydrogen (secondary N) is 2. The van der Waals surface area contributed by atoms with Crippen LogP contribution in [0.3, 0.4) is 0 Å². The molecule has 1 aliphatic heterocycles. The van der Waals surface area contributed by atoms with E-state index in [0.29, 0.717) is 5.37 Å². The molecule has 2 rings (SSSR count). The van der Waals surface area contributed by atoms with Crippen LogP contribution in [0.2, 0.25) is 0 Å². The Kier molecular flexibility index (Phi) is 2.35. The SMILES string of the molecule is Cc1n[nH]c(C)c1C1NC(C)(C)CS1. The van der Waals surface area contributed by atoms with Crippen molar-refractivity contribution < 1.29 is 0 Å². The first-order valence-electron chi connectivity index (χ1n) is 4.90. The van der Waals surface area contributed by atoms with E-state index >= 15 is 0 Å². The zero-order valence-corrected chi connectivity index (χ0v) is 9.96. The summed E-state index contributed by atoms with van der Waals surface area (Å²) in [6.45, 7) is 8.63. The number of aryl methyl sites for hydroxylation is 2. The Morgan fingerprint density at radius 1 is 1.43 bits per heavy atom. The summed E-state index contributed by atoms with van der Waals surface area (Å²) in [7, 11) is 0. The quantitative estimate of drug-likeness (QED) is 0.747. The van der Waals surface area contributed by atoms with Gasteiger partial charge in [-0.3, -0.25) is 10.4 Å². The summed E-state index contributed by atoms with van der Waals surface area (Å²) in [5.74, 6) is 1.15. The van der Waals surface area contributed by atoms with Gasteiger partial charge >= 0.3 is 0 Å². The van der Waals surface area contributed by atoms with E-state index in [-0.39, 0.29) is 5.54 Å². The Balaban J connectivity index is 2.25. The van der Waals surface area contributed by atoms with Crippen molar-refractivity contribution in [1.29, 1.82) is 0 Å². The summed E-state index contributed by atoms with van der Waals surface area (Å²) in [6.07, 6.45) is 0. The topological polar surface area (TPSA) is 40.7 Å². The summed E-state index contributed by atoms with van der Waals surface area (Å²) < 4.78 is 0. The first kappa shape index (κ1) is 10.1. The number of aromatic nitrogens is 2. The van der Waals surface area contributed by atoms with Crippen LogP contribution in [0.15, 0.2) is 0 Å². The Morgan fingerprint density at radius 2 is 2.14 bits per heavy atom. The van der Waals surface area contributed by atoms with Crippen LogP contribution in [0.5, 0.6) is 0 Å². The molecule has 2 N–H and O–H groups in total. The molecular weight excluding hydrogens is 194 g/mol. The molecule has 3 nitrogen and oxygen atoms in total. The van der Waals surface area contributed by atoms with Gasteiger partial charge in [-0.25, -0.2) is 0 Å². The van der Waals surface area contributed by atoms with Crippen LogP contribution in [0.25, 0.3) is 0 Å². The van der Waals surface area contributed by atoms with Gasteiger partial charge in [0.2, 0.25) is 0 Å². The minimum atomic E-state index is 0.242. The molecule has 1 aromatic rings. The van der Waals surface area contributed by atoms with Gasteiger partial charge in [0.05, 0.1) is 11.1 Å². The van der Waals surface area contributed by atoms with Crippen molar-refractivity contribution in [2.24, 2.45) is 0 Å². The maximum atomic E-state index is 4.23. The lowest BCUT2D eigenvalue weighted by atomic mass is 10.1. The molecule has 1 aliphatic rings. The van der Waals surface area contributed by atoms with E-state index in [4.69, 9.17) is 0 Å². The number of hydrogen-bond acceptors (Lipinski definition) is 3. The van der Waals surface area contributed by atoms with E-state index in [0.717, 1.165) is 11.4 Å². The standard InChI is InChI=1S/C10H17N3S/c1-6-8(7(2)13-12-6)9-11-10(3,4)5-14-9/h9,11H,5H2,1-4H3,(H,12,13). The van der Waals surface area contributed by atoms with Crippen LogP contribution >= 0.6 is 11.8 Å². The zero-order chi connectivity index (χ0) is 10.3. The van der Waals surface area contributed by atoms with E-state index < -0.39 is 0 Å². The van der Waals surface area contributed by atoms with Gasteiger partial charge < -0.3 is 0 Å². The van der Waals surface area contributed by atoms with Crippen LogP contribution in [0.4, 0.5) is 0 Å². The lowest BCUT2D eigenvalue weighted by molar-refractivity contribution is 0.451. The number of H-pyrrole nitrogens is 1. The largest absolute Gasteiger partial charge is 0.296 e. The molecule has 0 saturated carbocycles. The van der Waals surface area contributed by atoms with Gasteiger partial charge in [-0.2, -0.15) is 5.10 Å². The third kappa shape index (κ3) is 1.68. The fourth-order valence-corrected chi connectivity index (χ4v) is 3.41. The molecule has 78 valence electrons. The van der Waals surface area contributed by atoms with Crippen molar-refractivity contribution in [3.63, 3.8) is 0 Å². The van der Waals surface area contributed by atoms with Crippen LogP contribution in [0, 0.1) is 13.8 Å². The highest BCUT2D eigenvalue weighted by Crippen LogP contribution is 2.39. The van der Waals surface area contributed by atoms with Crippen molar-refractivity contribution in [2.75, 3.05) is 5.75 Å². The third-order valence-corrected chi connectivity index (χ3v) is 4.16. The second-order valence-corrected chi connectivity index (χ2v) is 5.66. The Bertz CT molecular complexity index is 324. The molecule has 1 aromatic heterocycles. The summed E-state index contributed by atoms with van der Waals surface area (Å²) in [5.41, 5.74) is 3.88. The van der Waals surface area contributed by atoms with Crippen molar-refractivity contribution in [1.82, 2.24) is 15.5 Å². The Hall–Kier alpha value is -0.480. The molecule has 1 fully saturated rings. The highest BCUT2D eigenvalue weighted by molar-refractivity contribution is 7.99. The number of hydrogen-bond donors (Lipinski definition) is 2. The first-order valence-corrected chi connectivity index (χ1v) is 5.95. The van der Waals surface area contributed by atoms with Crippen molar-refractivity contribution in [3.05, 3.63) is 17.0 Å². The van der Waals surface area contributed by atoms with E-state index in [1.807, 2.05) is 11.8 Å². The fourth-order valence-electron chi connectivity index (χ4n) is 1.83. The molecule has 2 heterocycles. The second kappa shape index (κ2) is 3.28. The van der Waals surface area contributed by atoms with Gasteiger partial charge in [-0.05, 0) is 27.7 Å². The lowest BCUT2D eigenvalue weighted by Gasteiger charge is -2.18. The third-order valence-electron chi connectivity index (χ3n) is 2.58. The van der Waals surface area contributed by atoms with Crippen LogP contribution < -0.4 is 5.32 Å². The number of nitrogens with zero attached hydrogens (tertiary/aromatic N) is 1. The summed E-state index contributed by atoms with van der Waals surface area (Å²) >= 11 is 1.96. The fraction of sp³-hybridized carbons (Fsp3) is 0.700. The molecule has 0 bridgehead atoms. The second-order valence-electron chi connectivity index (χ2n) is 4.57. The number of aromatic amines is 1. The zero-order valence-electron chi connectivity index (χ0n) is 9.14. The maximum absolute atomic E-state index is 4.23. The monoisotopic (exact) mass is 211 g/mol. The highest BCUT2D eigenvalue weighted by atomic mass is 32.2. The molecule has 0 aromatic carbocycles. The molecule has 4 heteroatoms. The van der Waals surface area contributed by atoms with Gasteiger partial charge in [-0.1, -0.05) is 0 Å². The molecule has 1 atom stereocenters. The maximum Gasteiger partial charge on any atom is 0.0830 e. The van der Waals surface area contributed by atoms with E-state index in [1.54, 1.807) is 0 Å². The molecule has 0 spiro atoms. The van der Waals surface area contributed by atoms with Crippen LogP contribution in [0.1, 0.15) is 36.2 Å². The molecule has 14 heavy (non-hydrogen) atoms. The van der Waals surface area contributed by atoms with E-state index in [2.05, 4.69) is 43.2 Å². The predicted octanol–water partition coefficient (Wildman–Crippen LogP) is 2.14. The molecular formula is C10H17N3S. The summed E-state index contributed by atoms with van der Waals surface area (Å²) in [5, 5.41) is 11.3. The normalized spacial score (nSPS) is 25.6. The Morgan fingerprint density at radius 3 is 2.57 bits per heavy atom. The van der Waals surface area contributed by atoms with Gasteiger partial charge in [0.1, 0.15) is 0 Å². The number of rotatable bonds is 1. The average Bonchev–Trinajstić information content (AvgIpc) is 2.56. The molecule has 1 unspecified atom stereocenters. The smallest absolute Gasteiger partial charge is 0.0830 e. The first-order chi connectivity index (χ1) is 6.49. The minimum absolute atomic E-state index is 0.242. The number of thioether (sulfide) groups is 1. The molecule has 1 saturated heterocycles. The summed E-state index contributed by atoms with van der Waals surface area (Å²) in [4.78, 5) is 0. The van der Waals surface area contributed by atoms with Crippen molar-refractivity contribution in [3.8, 4) is 0 Å². The van der Waals surface area contributed by atoms with Crippen molar-refractivity contribution in [2.45, 2.75) is 38.6 Å². The van der Waals surface area contributed by atoms with Gasteiger partial charge in [0.25, 0.3) is 0 Å². The van der Waals surface area contributed by atoms with E-state index in [1.165, 1.54) is 11.3 Å². The van der Waals surface area contributed by atoms with Crippen molar-refractivity contribution >= 4 is 11.8 Å². The predicted molar refractivity (Wildman–Crippen MR) is 60.5 cm³/mol. The highest BCUT2D eigenvalue weighted by Gasteiger charge is 2.33. The lowest BCUT2D eigenvalue weighted by Crippen LogP contribution is -2.36. The molecule has 0 radical (unpaired) electrons. The van der Waals surface area contributed by atoms with Gasteiger partial charge in [0, 0.05) is 22.5 Å². The molecule has 0 amide bonds. The van der Waals surface area contributed by atoms with Gasteiger partial charge in [-0.15, -0.1) is 11.8 Å². The van der Waals surface area contributed by atoms with Crippen LogP contribution in [-0.2, 0) is 0 Å².